The number of hydrogen-bond donors (Lipinski definition) is 5. The fourth-order valence-electron chi connectivity index (χ4n) is 5.87. The molecule has 5 atom stereocenters. The lowest BCUT2D eigenvalue weighted by Gasteiger charge is -2.20. The topological polar surface area (TPSA) is 160 Å². The summed E-state index contributed by atoms with van der Waals surface area (Å²) in [6.07, 6.45) is 1.56. The fourth-order valence-corrected chi connectivity index (χ4v) is 5.87. The van der Waals surface area contributed by atoms with Crippen molar-refractivity contribution in [3.63, 3.8) is 0 Å². The zero-order chi connectivity index (χ0) is 29.2. The van der Waals surface area contributed by atoms with Gasteiger partial charge in [0, 0.05) is 25.0 Å². The third kappa shape index (κ3) is 5.67. The van der Waals surface area contributed by atoms with E-state index >= 15 is 0 Å². The molecule has 222 valence electrons. The summed E-state index contributed by atoms with van der Waals surface area (Å²) >= 11 is 0. The molecular formula is C30H34N10O3. The van der Waals surface area contributed by atoms with E-state index in [9.17, 15) is 10.2 Å². The number of nitrogens with zero attached hydrogens (tertiary/aromatic N) is 7. The molecule has 0 radical (unpaired) electrons. The molecule has 0 spiro atoms. The van der Waals surface area contributed by atoms with Crippen LogP contribution in [0.25, 0.3) is 11.2 Å². The average Bonchev–Trinajstić information content (AvgIpc) is 3.86. The number of anilines is 2. The molecule has 0 saturated carbocycles. The van der Waals surface area contributed by atoms with E-state index in [2.05, 4.69) is 55.3 Å². The van der Waals surface area contributed by atoms with E-state index in [0.717, 1.165) is 19.5 Å². The highest BCUT2D eigenvalue weighted by Gasteiger charge is 2.44. The first-order chi connectivity index (χ1) is 21.1. The molecule has 5 aromatic rings. The van der Waals surface area contributed by atoms with Crippen LogP contribution in [0.3, 0.4) is 0 Å². The Labute approximate surface area is 248 Å². The van der Waals surface area contributed by atoms with Crippen LogP contribution in [0.5, 0.6) is 0 Å². The fraction of sp³-hybridized carbons (Fsp3) is 0.367. The number of rotatable bonds is 10. The van der Waals surface area contributed by atoms with Crippen molar-refractivity contribution in [2.75, 3.05) is 30.3 Å². The Bertz CT molecular complexity index is 1590. The summed E-state index contributed by atoms with van der Waals surface area (Å²) in [5.74, 6) is 1.09. The van der Waals surface area contributed by atoms with Gasteiger partial charge < -0.3 is 30.9 Å². The largest absolute Gasteiger partial charge is 0.387 e. The SMILES string of the molecule is O[C@@H]1[C@H](O)[C@@H](Cn2cncn2)O[C@H]1n1cnc2c(NCC(c3ccccc3)c3ccccc3)nc(N[C@@H]3CCNC3)nc21. The number of aliphatic hydroxyl groups excluding tert-OH is 2. The molecule has 43 heavy (non-hydrogen) atoms. The zero-order valence-corrected chi connectivity index (χ0v) is 23.4. The van der Waals surface area contributed by atoms with Gasteiger partial charge in [-0.05, 0) is 24.1 Å². The molecule has 0 bridgehead atoms. The predicted molar refractivity (Wildman–Crippen MR) is 159 cm³/mol. The number of nitrogens with one attached hydrogen (secondary N) is 3. The minimum absolute atomic E-state index is 0.0672. The molecule has 5 N–H and O–H groups in total. The predicted octanol–water partition coefficient (Wildman–Crippen LogP) is 1.75. The van der Waals surface area contributed by atoms with Gasteiger partial charge in [0.2, 0.25) is 5.95 Å². The van der Waals surface area contributed by atoms with Crippen molar-refractivity contribution in [3.05, 3.63) is 90.8 Å². The Balaban J connectivity index is 1.22. The number of benzene rings is 2. The summed E-state index contributed by atoms with van der Waals surface area (Å²) in [4.78, 5) is 18.3. The lowest BCUT2D eigenvalue weighted by atomic mass is 9.91. The van der Waals surface area contributed by atoms with Crippen LogP contribution in [0.1, 0.15) is 29.7 Å². The summed E-state index contributed by atoms with van der Waals surface area (Å²) in [6.45, 7) is 2.55. The van der Waals surface area contributed by atoms with Crippen molar-refractivity contribution in [1.82, 2.24) is 39.6 Å². The molecule has 13 heteroatoms. The van der Waals surface area contributed by atoms with Gasteiger partial charge in [-0.2, -0.15) is 15.1 Å². The number of hydrogen-bond acceptors (Lipinski definition) is 11. The maximum atomic E-state index is 11.0. The summed E-state index contributed by atoms with van der Waals surface area (Å²) in [6, 6.07) is 20.9. The molecule has 5 heterocycles. The lowest BCUT2D eigenvalue weighted by molar-refractivity contribution is -0.0402. The van der Waals surface area contributed by atoms with Gasteiger partial charge in [0.15, 0.2) is 23.2 Å². The highest BCUT2D eigenvalue weighted by atomic mass is 16.6. The number of aliphatic hydroxyl groups is 2. The van der Waals surface area contributed by atoms with Gasteiger partial charge in [-0.25, -0.2) is 9.97 Å². The van der Waals surface area contributed by atoms with Crippen molar-refractivity contribution in [2.45, 2.75) is 49.5 Å². The van der Waals surface area contributed by atoms with E-state index < -0.39 is 24.5 Å². The Morgan fingerprint density at radius 3 is 2.42 bits per heavy atom. The summed E-state index contributed by atoms with van der Waals surface area (Å²) < 4.78 is 9.39. The standard InChI is InChI=1S/C30H34N10O3/c41-25-23(15-39-17-32-16-35-39)43-29(26(25)42)40-18-34-24-27(37-30(38-28(24)40)36-21-11-12-31-13-21)33-14-22(19-7-3-1-4-8-19)20-9-5-2-6-10-20/h1-10,16-18,21-23,25-26,29,31,41-42H,11-15H2,(H2,33,36,37,38)/t21-,23-,25-,26-,29-/m1/s1. The van der Waals surface area contributed by atoms with E-state index in [1.807, 2.05) is 36.4 Å². The third-order valence-corrected chi connectivity index (χ3v) is 8.14. The molecule has 2 saturated heterocycles. The van der Waals surface area contributed by atoms with Crippen molar-refractivity contribution >= 4 is 22.9 Å². The van der Waals surface area contributed by atoms with Crippen molar-refractivity contribution in [2.24, 2.45) is 0 Å². The van der Waals surface area contributed by atoms with E-state index in [1.54, 1.807) is 21.9 Å². The highest BCUT2D eigenvalue weighted by molar-refractivity contribution is 5.84. The minimum atomic E-state index is -1.20. The highest BCUT2D eigenvalue weighted by Crippen LogP contribution is 2.34. The van der Waals surface area contributed by atoms with Gasteiger partial charge in [-0.3, -0.25) is 9.25 Å². The molecule has 2 fully saturated rings. The van der Waals surface area contributed by atoms with Crippen molar-refractivity contribution in [3.8, 4) is 0 Å². The van der Waals surface area contributed by atoms with Crippen LogP contribution in [0.4, 0.5) is 11.8 Å². The van der Waals surface area contributed by atoms with Gasteiger partial charge >= 0.3 is 0 Å². The molecule has 3 aromatic heterocycles. The molecular weight excluding hydrogens is 548 g/mol. The van der Waals surface area contributed by atoms with Gasteiger partial charge in [-0.1, -0.05) is 60.7 Å². The summed E-state index contributed by atoms with van der Waals surface area (Å²) in [5.41, 5.74) is 3.39. The van der Waals surface area contributed by atoms with Gasteiger partial charge in [0.1, 0.15) is 31.0 Å². The van der Waals surface area contributed by atoms with Crippen molar-refractivity contribution in [1.29, 1.82) is 0 Å². The maximum Gasteiger partial charge on any atom is 0.227 e. The van der Waals surface area contributed by atoms with Gasteiger partial charge in [-0.15, -0.1) is 0 Å². The molecule has 2 aromatic carbocycles. The smallest absolute Gasteiger partial charge is 0.227 e. The van der Waals surface area contributed by atoms with Crippen LogP contribution in [-0.4, -0.2) is 88.5 Å². The van der Waals surface area contributed by atoms with Crippen LogP contribution >= 0.6 is 0 Å². The molecule has 0 amide bonds. The molecule has 7 rings (SSSR count). The second-order valence-electron chi connectivity index (χ2n) is 11.0. The van der Waals surface area contributed by atoms with Gasteiger partial charge in [0.25, 0.3) is 0 Å². The van der Waals surface area contributed by atoms with Crippen LogP contribution in [0, 0.1) is 0 Å². The first kappa shape index (κ1) is 27.4. The maximum absolute atomic E-state index is 11.0. The molecule has 2 aliphatic rings. The van der Waals surface area contributed by atoms with Crippen LogP contribution in [-0.2, 0) is 11.3 Å². The van der Waals surface area contributed by atoms with E-state index in [4.69, 9.17) is 14.7 Å². The van der Waals surface area contributed by atoms with Crippen LogP contribution < -0.4 is 16.0 Å². The molecule has 0 aliphatic carbocycles. The molecule has 0 unspecified atom stereocenters. The van der Waals surface area contributed by atoms with E-state index in [-0.39, 0.29) is 18.5 Å². The molecule has 2 aliphatic heterocycles. The van der Waals surface area contributed by atoms with Crippen molar-refractivity contribution < 1.29 is 14.9 Å². The Hall–Kier alpha value is -4.43. The third-order valence-electron chi connectivity index (χ3n) is 8.14. The second-order valence-corrected chi connectivity index (χ2v) is 11.0. The average molecular weight is 583 g/mol. The summed E-state index contributed by atoms with van der Waals surface area (Å²) in [7, 11) is 0. The van der Waals surface area contributed by atoms with Gasteiger partial charge in [0.05, 0.1) is 12.9 Å². The summed E-state index contributed by atoms with van der Waals surface area (Å²) in [5, 5.41) is 36.3. The quantitative estimate of drug-likeness (QED) is 0.163. The van der Waals surface area contributed by atoms with Crippen LogP contribution in [0.15, 0.2) is 79.6 Å². The Morgan fingerprint density at radius 1 is 0.977 bits per heavy atom. The lowest BCUT2D eigenvalue weighted by Crippen LogP contribution is -2.33. The monoisotopic (exact) mass is 582 g/mol. The number of aromatic nitrogens is 7. The number of ether oxygens (including phenoxy) is 1. The Morgan fingerprint density at radius 2 is 1.74 bits per heavy atom. The van der Waals surface area contributed by atoms with E-state index in [1.165, 1.54) is 17.5 Å². The Kier molecular flexibility index (Phi) is 7.68. The minimum Gasteiger partial charge on any atom is -0.387 e. The first-order valence-electron chi connectivity index (χ1n) is 14.5. The first-order valence-corrected chi connectivity index (χ1v) is 14.5. The normalized spacial score (nSPS) is 23.7. The molecule has 13 nitrogen and oxygen atoms in total. The number of fused-ring (bicyclic) bond motifs is 1. The van der Waals surface area contributed by atoms with Crippen LogP contribution in [0.2, 0.25) is 0 Å². The van der Waals surface area contributed by atoms with E-state index in [0.29, 0.717) is 29.5 Å². The zero-order valence-electron chi connectivity index (χ0n) is 23.4. The second kappa shape index (κ2) is 12.1. The number of imidazole rings is 1.